The van der Waals surface area contributed by atoms with Gasteiger partial charge < -0.3 is 15.5 Å². The molecule has 1 aliphatic carbocycles. The number of aromatic nitrogens is 4. The zero-order valence-electron chi connectivity index (χ0n) is 14.5. The second kappa shape index (κ2) is 7.12. The first-order chi connectivity index (χ1) is 13.5. The highest BCUT2D eigenvalue weighted by atomic mass is 32.1. The second-order valence-corrected chi connectivity index (χ2v) is 7.63. The fourth-order valence-corrected chi connectivity index (χ4v) is 4.03. The fraction of sp³-hybridized carbons (Fsp3) is 0.278. The highest BCUT2D eigenvalue weighted by molar-refractivity contribution is 7.17. The van der Waals surface area contributed by atoms with E-state index in [2.05, 4.69) is 25.5 Å². The maximum absolute atomic E-state index is 13.6. The molecule has 0 aromatic carbocycles. The molecule has 1 saturated carbocycles. The smallest absolute Gasteiger partial charge is 0.351 e. The average Bonchev–Trinajstić information content (AvgIpc) is 3.07. The van der Waals surface area contributed by atoms with Crippen LogP contribution in [-0.4, -0.2) is 49.1 Å². The molecule has 0 radical (unpaired) electrons. The van der Waals surface area contributed by atoms with Crippen LogP contribution in [0.25, 0.3) is 10.7 Å². The van der Waals surface area contributed by atoms with Crippen molar-refractivity contribution < 1.29 is 19.4 Å². The molecular weight excluding hydrogens is 385 g/mol. The van der Waals surface area contributed by atoms with Crippen molar-refractivity contribution in [1.29, 1.82) is 0 Å². The molecule has 0 saturated heterocycles. The number of rotatable bonds is 6. The van der Waals surface area contributed by atoms with Crippen molar-refractivity contribution in [2.45, 2.75) is 24.4 Å². The molecule has 8 nitrogen and oxygen atoms in total. The summed E-state index contributed by atoms with van der Waals surface area (Å²) in [6, 6.07) is 8.92. The SMILES string of the molecule is O=C(O)c1sc(-c2ccc(NCC3(c4ccccn4)CC(F)C3)nn2)nc1O. The first-order valence-electron chi connectivity index (χ1n) is 8.53. The fourth-order valence-electron chi connectivity index (χ4n) is 3.27. The topological polar surface area (TPSA) is 121 Å². The lowest BCUT2D eigenvalue weighted by Gasteiger charge is -2.43. The monoisotopic (exact) mass is 401 g/mol. The molecule has 1 aliphatic rings. The van der Waals surface area contributed by atoms with Gasteiger partial charge in [-0.25, -0.2) is 9.18 Å². The Morgan fingerprint density at radius 2 is 2.11 bits per heavy atom. The van der Waals surface area contributed by atoms with Gasteiger partial charge in [0.25, 0.3) is 0 Å². The average molecular weight is 401 g/mol. The molecule has 3 aromatic heterocycles. The molecule has 0 spiro atoms. The highest BCUT2D eigenvalue weighted by Gasteiger charge is 2.47. The molecule has 3 heterocycles. The van der Waals surface area contributed by atoms with Gasteiger partial charge in [0.15, 0.2) is 4.88 Å². The molecule has 3 N–H and O–H groups in total. The van der Waals surface area contributed by atoms with E-state index >= 15 is 0 Å². The summed E-state index contributed by atoms with van der Waals surface area (Å²) in [6.07, 6.45) is 1.67. The number of carboxylic acid groups (broad SMARTS) is 1. The third kappa shape index (κ3) is 3.38. The van der Waals surface area contributed by atoms with Crippen LogP contribution < -0.4 is 5.32 Å². The molecule has 4 rings (SSSR count). The van der Waals surface area contributed by atoms with Gasteiger partial charge in [0.05, 0.1) is 0 Å². The Balaban J connectivity index is 1.47. The number of nitrogens with zero attached hydrogens (tertiary/aromatic N) is 4. The van der Waals surface area contributed by atoms with Crippen molar-refractivity contribution in [2.75, 3.05) is 11.9 Å². The summed E-state index contributed by atoms with van der Waals surface area (Å²) in [5, 5.41) is 30.1. The molecule has 0 unspecified atom stereocenters. The van der Waals surface area contributed by atoms with Gasteiger partial charge in [0.1, 0.15) is 22.7 Å². The Bertz CT molecular complexity index is 990. The lowest BCUT2D eigenvalue weighted by molar-refractivity contribution is 0.0698. The number of carboxylic acids is 1. The van der Waals surface area contributed by atoms with E-state index in [9.17, 15) is 14.3 Å². The molecule has 10 heteroatoms. The minimum absolute atomic E-state index is 0.248. The molecule has 0 aliphatic heterocycles. The van der Waals surface area contributed by atoms with E-state index in [4.69, 9.17) is 5.11 Å². The highest BCUT2D eigenvalue weighted by Crippen LogP contribution is 2.44. The van der Waals surface area contributed by atoms with Crippen LogP contribution in [0.4, 0.5) is 10.2 Å². The number of halogens is 1. The van der Waals surface area contributed by atoms with Gasteiger partial charge in [-0.1, -0.05) is 6.07 Å². The van der Waals surface area contributed by atoms with Gasteiger partial charge in [-0.3, -0.25) is 4.98 Å². The van der Waals surface area contributed by atoms with E-state index in [1.54, 1.807) is 18.3 Å². The van der Waals surface area contributed by atoms with E-state index in [0.29, 0.717) is 30.9 Å². The van der Waals surface area contributed by atoms with Gasteiger partial charge in [-0.15, -0.1) is 21.5 Å². The predicted molar refractivity (Wildman–Crippen MR) is 100 cm³/mol. The van der Waals surface area contributed by atoms with Crippen molar-refractivity contribution in [1.82, 2.24) is 20.2 Å². The van der Waals surface area contributed by atoms with Crippen LogP contribution in [0.2, 0.25) is 0 Å². The van der Waals surface area contributed by atoms with Crippen LogP contribution in [-0.2, 0) is 5.41 Å². The molecule has 0 bridgehead atoms. The summed E-state index contributed by atoms with van der Waals surface area (Å²) in [7, 11) is 0. The summed E-state index contributed by atoms with van der Waals surface area (Å²) in [5.74, 6) is -1.29. The molecular formula is C18H16FN5O3S. The Kier molecular flexibility index (Phi) is 4.63. The van der Waals surface area contributed by atoms with E-state index in [-0.39, 0.29) is 15.3 Å². The van der Waals surface area contributed by atoms with Crippen molar-refractivity contribution in [3.8, 4) is 16.6 Å². The van der Waals surface area contributed by atoms with E-state index in [1.807, 2.05) is 18.2 Å². The predicted octanol–water partition coefficient (Wildman–Crippen LogP) is 2.88. The summed E-state index contributed by atoms with van der Waals surface area (Å²) >= 11 is 0.821. The summed E-state index contributed by atoms with van der Waals surface area (Å²) < 4.78 is 13.6. The van der Waals surface area contributed by atoms with Gasteiger partial charge in [0, 0.05) is 23.9 Å². The van der Waals surface area contributed by atoms with Crippen LogP contribution in [0.5, 0.6) is 5.88 Å². The number of aromatic hydroxyl groups is 1. The van der Waals surface area contributed by atoms with Crippen molar-refractivity contribution in [2.24, 2.45) is 0 Å². The summed E-state index contributed by atoms with van der Waals surface area (Å²) in [4.78, 5) is 18.9. The largest absolute Gasteiger partial charge is 0.492 e. The molecule has 28 heavy (non-hydrogen) atoms. The van der Waals surface area contributed by atoms with Crippen molar-refractivity contribution in [3.05, 3.63) is 47.1 Å². The normalized spacial score (nSPS) is 21.1. The first kappa shape index (κ1) is 18.2. The van der Waals surface area contributed by atoms with Crippen LogP contribution in [0.3, 0.4) is 0 Å². The third-order valence-electron chi connectivity index (χ3n) is 4.73. The van der Waals surface area contributed by atoms with E-state index < -0.39 is 18.0 Å². The molecule has 0 atom stereocenters. The van der Waals surface area contributed by atoms with Crippen LogP contribution >= 0.6 is 11.3 Å². The number of nitrogens with one attached hydrogen (secondary N) is 1. The summed E-state index contributed by atoms with van der Waals surface area (Å²) in [5.41, 5.74) is 0.823. The number of hydrogen-bond donors (Lipinski definition) is 3. The van der Waals surface area contributed by atoms with Crippen molar-refractivity contribution >= 4 is 23.1 Å². The zero-order chi connectivity index (χ0) is 19.7. The number of anilines is 1. The number of aromatic carboxylic acids is 1. The third-order valence-corrected chi connectivity index (χ3v) is 5.78. The van der Waals surface area contributed by atoms with Gasteiger partial charge in [0.2, 0.25) is 5.88 Å². The Morgan fingerprint density at radius 3 is 2.68 bits per heavy atom. The molecule has 144 valence electrons. The number of hydrogen-bond acceptors (Lipinski definition) is 8. The number of thiazole rings is 1. The van der Waals surface area contributed by atoms with E-state index in [0.717, 1.165) is 17.0 Å². The molecule has 1 fully saturated rings. The maximum Gasteiger partial charge on any atom is 0.351 e. The molecule has 3 aromatic rings. The van der Waals surface area contributed by atoms with Gasteiger partial charge in [-0.05, 0) is 37.1 Å². The zero-order valence-corrected chi connectivity index (χ0v) is 15.4. The van der Waals surface area contributed by atoms with Crippen LogP contribution in [0.1, 0.15) is 28.2 Å². The van der Waals surface area contributed by atoms with Crippen molar-refractivity contribution in [3.63, 3.8) is 0 Å². The number of pyridine rings is 1. The lowest BCUT2D eigenvalue weighted by atomic mass is 9.65. The quantitative estimate of drug-likeness (QED) is 0.576. The number of carbonyl (C=O) groups is 1. The minimum Gasteiger partial charge on any atom is -0.492 e. The summed E-state index contributed by atoms with van der Waals surface area (Å²) in [6.45, 7) is 0.472. The Labute approximate surface area is 163 Å². The maximum atomic E-state index is 13.6. The second-order valence-electron chi connectivity index (χ2n) is 6.64. The molecule has 0 amide bonds. The van der Waals surface area contributed by atoms with E-state index in [1.165, 1.54) is 0 Å². The van der Waals surface area contributed by atoms with Gasteiger partial charge >= 0.3 is 5.97 Å². The Hall–Kier alpha value is -3.14. The lowest BCUT2D eigenvalue weighted by Crippen LogP contribution is -2.48. The first-order valence-corrected chi connectivity index (χ1v) is 9.35. The Morgan fingerprint density at radius 1 is 1.29 bits per heavy atom. The number of alkyl halides is 1. The van der Waals surface area contributed by atoms with Gasteiger partial charge in [-0.2, -0.15) is 4.98 Å². The van der Waals surface area contributed by atoms with Crippen LogP contribution in [0.15, 0.2) is 36.5 Å². The standard InChI is InChI=1S/C18H16FN5O3S/c19-10-7-18(8-10,12-3-1-2-6-20-12)9-21-13-5-4-11(23-24-13)16-22-15(25)14(28-16)17(26)27/h1-6,10,25H,7-9H2,(H,21,24)(H,26,27). The minimum atomic E-state index is -1.25. The van der Waals surface area contributed by atoms with Crippen LogP contribution in [0, 0.1) is 0 Å².